The lowest BCUT2D eigenvalue weighted by Gasteiger charge is -2.20. The van der Waals surface area contributed by atoms with Crippen LogP contribution in [0.5, 0.6) is 5.75 Å². The Hall–Kier alpha value is -2.82. The molecule has 1 N–H and O–H groups in total. The maximum absolute atomic E-state index is 12.4. The fourth-order valence-electron chi connectivity index (χ4n) is 2.79. The maximum atomic E-state index is 12.4. The number of benzene rings is 3. The number of amides is 1. The molecule has 0 aliphatic rings. The Labute approximate surface area is 170 Å². The minimum absolute atomic E-state index is 0.0396. The van der Waals surface area contributed by atoms with Crippen LogP contribution in [-0.4, -0.2) is 25.7 Å². The second-order valence-electron chi connectivity index (χ2n) is 6.18. The summed E-state index contributed by atoms with van der Waals surface area (Å²) in [7, 11) is 0. The number of rotatable bonds is 9. The molecule has 144 valence electrons. The fourth-order valence-corrected chi connectivity index (χ4v) is 2.99. The largest absolute Gasteiger partial charge is 0.491 e. The van der Waals surface area contributed by atoms with Crippen LogP contribution in [0.4, 0.5) is 0 Å². The van der Waals surface area contributed by atoms with Crippen LogP contribution in [0.1, 0.15) is 17.2 Å². The van der Waals surface area contributed by atoms with Crippen LogP contribution in [0, 0.1) is 0 Å². The average Bonchev–Trinajstić information content (AvgIpc) is 2.73. The van der Waals surface area contributed by atoms with Crippen molar-refractivity contribution in [3.05, 3.63) is 101 Å². The van der Waals surface area contributed by atoms with Gasteiger partial charge in [-0.05, 0) is 35.4 Å². The normalized spacial score (nSPS) is 11.6. The fraction of sp³-hybridized carbons (Fsp3) is 0.174. The Morgan fingerprint density at radius 3 is 2.25 bits per heavy atom. The van der Waals surface area contributed by atoms with Crippen LogP contribution in [0.2, 0.25) is 5.02 Å². The molecule has 0 saturated carbocycles. The zero-order chi connectivity index (χ0) is 19.6. The smallest absolute Gasteiger partial charge is 0.246 e. The predicted molar refractivity (Wildman–Crippen MR) is 111 cm³/mol. The Balaban J connectivity index is 1.53. The third-order valence-corrected chi connectivity index (χ3v) is 4.33. The first-order chi connectivity index (χ1) is 13.7. The number of nitrogens with one attached hydrogen (secondary N) is 1. The van der Waals surface area contributed by atoms with Crippen molar-refractivity contribution in [1.82, 2.24) is 5.32 Å². The summed E-state index contributed by atoms with van der Waals surface area (Å²) in [6.45, 7) is 0.672. The van der Waals surface area contributed by atoms with Gasteiger partial charge < -0.3 is 14.8 Å². The zero-order valence-electron chi connectivity index (χ0n) is 15.4. The third-order valence-electron chi connectivity index (χ3n) is 4.09. The van der Waals surface area contributed by atoms with Crippen LogP contribution in [0.25, 0.3) is 0 Å². The Morgan fingerprint density at radius 2 is 1.54 bits per heavy atom. The first kappa shape index (κ1) is 19.9. The predicted octanol–water partition coefficient (Wildman–Crippen LogP) is 4.64. The lowest BCUT2D eigenvalue weighted by atomic mass is 9.99. The van der Waals surface area contributed by atoms with Gasteiger partial charge in [0.25, 0.3) is 0 Å². The van der Waals surface area contributed by atoms with Crippen molar-refractivity contribution in [2.24, 2.45) is 0 Å². The van der Waals surface area contributed by atoms with Gasteiger partial charge >= 0.3 is 0 Å². The summed E-state index contributed by atoms with van der Waals surface area (Å²) in [6.07, 6.45) is 0. The molecule has 5 heteroatoms. The molecule has 1 atom stereocenters. The first-order valence-electron chi connectivity index (χ1n) is 9.08. The molecule has 0 bridgehead atoms. The summed E-state index contributed by atoms with van der Waals surface area (Å²) in [5.74, 6) is 0.578. The standard InChI is InChI=1S/C23H22ClNO3/c24-20-11-7-10-19(16-20)23(18-8-3-1-4-9-18)25-22(26)17-27-14-15-28-21-12-5-2-6-13-21/h1-13,16,23H,14-15,17H2,(H,25,26). The summed E-state index contributed by atoms with van der Waals surface area (Å²) in [6, 6.07) is 26.4. The van der Waals surface area contributed by atoms with Gasteiger partial charge in [0.15, 0.2) is 0 Å². The van der Waals surface area contributed by atoms with E-state index in [4.69, 9.17) is 21.1 Å². The summed E-state index contributed by atoms with van der Waals surface area (Å²) in [4.78, 5) is 12.4. The van der Waals surface area contributed by atoms with Gasteiger partial charge in [0, 0.05) is 5.02 Å². The third kappa shape index (κ3) is 6.12. The number of halogens is 1. The van der Waals surface area contributed by atoms with Crippen LogP contribution < -0.4 is 10.1 Å². The van der Waals surface area contributed by atoms with Crippen molar-refractivity contribution in [3.8, 4) is 5.75 Å². The molecule has 0 aliphatic heterocycles. The maximum Gasteiger partial charge on any atom is 0.246 e. The van der Waals surface area contributed by atoms with E-state index in [1.165, 1.54) is 0 Å². The van der Waals surface area contributed by atoms with E-state index in [1.54, 1.807) is 0 Å². The van der Waals surface area contributed by atoms with Gasteiger partial charge in [-0.3, -0.25) is 4.79 Å². The second kappa shape index (κ2) is 10.5. The molecule has 0 radical (unpaired) electrons. The van der Waals surface area contributed by atoms with Gasteiger partial charge in [-0.15, -0.1) is 0 Å². The molecule has 28 heavy (non-hydrogen) atoms. The van der Waals surface area contributed by atoms with Crippen molar-refractivity contribution < 1.29 is 14.3 Å². The average molecular weight is 396 g/mol. The lowest BCUT2D eigenvalue weighted by molar-refractivity contribution is -0.126. The van der Waals surface area contributed by atoms with E-state index in [9.17, 15) is 4.79 Å². The molecule has 0 saturated heterocycles. The van der Waals surface area contributed by atoms with E-state index < -0.39 is 0 Å². The highest BCUT2D eigenvalue weighted by molar-refractivity contribution is 6.30. The molecule has 0 spiro atoms. The SMILES string of the molecule is O=C(COCCOc1ccccc1)NC(c1ccccc1)c1cccc(Cl)c1. The topological polar surface area (TPSA) is 47.6 Å². The van der Waals surface area contributed by atoms with Crippen molar-refractivity contribution in [1.29, 1.82) is 0 Å². The van der Waals surface area contributed by atoms with Gasteiger partial charge in [-0.1, -0.05) is 72.3 Å². The summed E-state index contributed by atoms with van der Waals surface area (Å²) in [5.41, 5.74) is 1.89. The summed E-state index contributed by atoms with van der Waals surface area (Å²) < 4.78 is 11.0. The van der Waals surface area contributed by atoms with Crippen molar-refractivity contribution >= 4 is 17.5 Å². The molecular weight excluding hydrogens is 374 g/mol. The van der Waals surface area contributed by atoms with E-state index in [0.717, 1.165) is 16.9 Å². The summed E-state index contributed by atoms with van der Waals surface area (Å²) in [5, 5.41) is 3.65. The molecule has 0 fully saturated rings. The number of hydrogen-bond donors (Lipinski definition) is 1. The van der Waals surface area contributed by atoms with Gasteiger partial charge in [-0.25, -0.2) is 0 Å². The highest BCUT2D eigenvalue weighted by Crippen LogP contribution is 2.24. The minimum Gasteiger partial charge on any atom is -0.491 e. The van der Waals surface area contributed by atoms with Crippen LogP contribution in [0.3, 0.4) is 0 Å². The molecule has 3 rings (SSSR count). The first-order valence-corrected chi connectivity index (χ1v) is 9.45. The van der Waals surface area contributed by atoms with Crippen molar-refractivity contribution in [2.75, 3.05) is 19.8 Å². The van der Waals surface area contributed by atoms with Crippen LogP contribution in [-0.2, 0) is 9.53 Å². The van der Waals surface area contributed by atoms with Gasteiger partial charge in [0.05, 0.1) is 12.6 Å². The van der Waals surface area contributed by atoms with Gasteiger partial charge in [-0.2, -0.15) is 0 Å². The van der Waals surface area contributed by atoms with Crippen LogP contribution in [0.15, 0.2) is 84.9 Å². The Bertz CT molecular complexity index is 871. The molecule has 0 heterocycles. The van der Waals surface area contributed by atoms with E-state index in [1.807, 2.05) is 84.9 Å². The molecular formula is C23H22ClNO3. The molecule has 0 aliphatic carbocycles. The zero-order valence-corrected chi connectivity index (χ0v) is 16.1. The van der Waals surface area contributed by atoms with Gasteiger partial charge in [0.2, 0.25) is 5.91 Å². The monoisotopic (exact) mass is 395 g/mol. The molecule has 4 nitrogen and oxygen atoms in total. The van der Waals surface area contributed by atoms with Crippen LogP contribution >= 0.6 is 11.6 Å². The van der Waals surface area contributed by atoms with E-state index in [2.05, 4.69) is 5.32 Å². The highest BCUT2D eigenvalue weighted by atomic mass is 35.5. The molecule has 0 aromatic heterocycles. The molecule has 3 aromatic carbocycles. The minimum atomic E-state index is -0.295. The van der Waals surface area contributed by atoms with Crippen molar-refractivity contribution in [2.45, 2.75) is 6.04 Å². The van der Waals surface area contributed by atoms with Crippen molar-refractivity contribution in [3.63, 3.8) is 0 Å². The quantitative estimate of drug-likeness (QED) is 0.537. The van der Waals surface area contributed by atoms with Gasteiger partial charge in [0.1, 0.15) is 19.0 Å². The Morgan fingerprint density at radius 1 is 0.857 bits per heavy atom. The molecule has 1 amide bonds. The molecule has 1 unspecified atom stereocenters. The van der Waals surface area contributed by atoms with E-state index in [0.29, 0.717) is 18.2 Å². The number of hydrogen-bond acceptors (Lipinski definition) is 3. The van der Waals surface area contributed by atoms with E-state index >= 15 is 0 Å². The number of carbonyl (C=O) groups excluding carboxylic acids is 1. The van der Waals surface area contributed by atoms with E-state index in [-0.39, 0.29) is 18.6 Å². The molecule has 3 aromatic rings. The number of carbonyl (C=O) groups is 1. The lowest BCUT2D eigenvalue weighted by Crippen LogP contribution is -2.32. The highest BCUT2D eigenvalue weighted by Gasteiger charge is 2.17. The summed E-state index contributed by atoms with van der Waals surface area (Å²) >= 11 is 6.13. The second-order valence-corrected chi connectivity index (χ2v) is 6.62. The number of para-hydroxylation sites is 1. The Kier molecular flexibility index (Phi) is 7.47. The number of ether oxygens (including phenoxy) is 2.